The zero-order valence-corrected chi connectivity index (χ0v) is 24.2. The minimum absolute atomic E-state index is 0.00466. The van der Waals surface area contributed by atoms with E-state index >= 15 is 0 Å². The average molecular weight is 674 g/mol. The fraction of sp³-hybridized carbons (Fsp3) is 0.0333. The van der Waals surface area contributed by atoms with Crippen LogP contribution in [0.25, 0.3) is 33.5 Å². The number of hydrogen-bond donors (Lipinski definition) is 0. The fourth-order valence-corrected chi connectivity index (χ4v) is 5.16. The van der Waals surface area contributed by atoms with E-state index in [2.05, 4.69) is 37.0 Å². The highest BCUT2D eigenvalue weighted by molar-refractivity contribution is 9.10. The summed E-state index contributed by atoms with van der Waals surface area (Å²) in [4.78, 5) is 28.8. The quantitative estimate of drug-likeness (QED) is 0.0975. The smallest absolute Gasteiger partial charge is 0.282 e. The molecule has 2 heterocycles. The van der Waals surface area contributed by atoms with E-state index in [0.29, 0.717) is 43.6 Å². The van der Waals surface area contributed by atoms with Gasteiger partial charge in [-0.05, 0) is 81.7 Å². The Morgan fingerprint density at radius 2 is 1.85 bits per heavy atom. The number of furan rings is 1. The Balaban J connectivity index is 1.32. The molecule has 0 N–H and O–H groups in total. The van der Waals surface area contributed by atoms with Crippen molar-refractivity contribution >= 4 is 65.6 Å². The van der Waals surface area contributed by atoms with Gasteiger partial charge in [-0.1, -0.05) is 40.2 Å². The molecule has 0 fully saturated rings. The van der Waals surface area contributed by atoms with Gasteiger partial charge in [-0.15, -0.1) is 0 Å². The Hall–Kier alpha value is -4.61. The summed E-state index contributed by atoms with van der Waals surface area (Å²) in [6, 6.07) is 26.2. The molecular formula is C30H18Br2N4O5. The summed E-state index contributed by atoms with van der Waals surface area (Å²) in [7, 11) is 0. The highest BCUT2D eigenvalue weighted by atomic mass is 79.9. The number of rotatable bonds is 7. The maximum Gasteiger partial charge on any atom is 0.282 e. The summed E-state index contributed by atoms with van der Waals surface area (Å²) in [6.07, 6.45) is 1.55. The zero-order chi connectivity index (χ0) is 28.5. The zero-order valence-electron chi connectivity index (χ0n) is 21.0. The van der Waals surface area contributed by atoms with Gasteiger partial charge in [0.2, 0.25) is 5.82 Å². The molecular weight excluding hydrogens is 656 g/mol. The van der Waals surface area contributed by atoms with E-state index < -0.39 is 4.92 Å². The van der Waals surface area contributed by atoms with E-state index in [4.69, 9.17) is 14.1 Å². The summed E-state index contributed by atoms with van der Waals surface area (Å²) in [5, 5.41) is 16.8. The summed E-state index contributed by atoms with van der Waals surface area (Å²) in [6.45, 7) is 0.156. The van der Waals surface area contributed by atoms with Gasteiger partial charge in [0.1, 0.15) is 17.9 Å². The van der Waals surface area contributed by atoms with E-state index in [0.717, 1.165) is 9.86 Å². The summed E-state index contributed by atoms with van der Waals surface area (Å²) in [5.41, 5.74) is 2.23. The molecule has 0 aliphatic heterocycles. The lowest BCUT2D eigenvalue weighted by molar-refractivity contribution is -0.384. The van der Waals surface area contributed by atoms with Gasteiger partial charge in [0, 0.05) is 22.0 Å². The minimum atomic E-state index is -0.442. The first-order valence-corrected chi connectivity index (χ1v) is 13.9. The Bertz CT molecular complexity index is 2050. The van der Waals surface area contributed by atoms with Gasteiger partial charge < -0.3 is 9.15 Å². The number of aromatic nitrogens is 2. The molecule has 6 rings (SSSR count). The van der Waals surface area contributed by atoms with Gasteiger partial charge in [-0.2, -0.15) is 9.78 Å². The molecule has 0 radical (unpaired) electrons. The first-order chi connectivity index (χ1) is 19.9. The summed E-state index contributed by atoms with van der Waals surface area (Å²) >= 11 is 6.99. The standard InChI is InChI=1S/C30H18Br2N4O5/c31-21-9-11-26-20(14-21)15-28(41-26)29-34-25-7-2-1-6-23(25)30(37)35(29)33-16-18-8-10-27(24(32)13-18)40-17-19-4-3-5-22(12-19)36(38)39/h1-16H,17H2. The van der Waals surface area contributed by atoms with Gasteiger partial charge in [0.05, 0.1) is 26.5 Å². The lowest BCUT2D eigenvalue weighted by atomic mass is 10.2. The Kier molecular flexibility index (Phi) is 7.21. The number of nitro benzene ring substituents is 1. The molecule has 202 valence electrons. The molecule has 11 heteroatoms. The van der Waals surface area contributed by atoms with Gasteiger partial charge in [-0.25, -0.2) is 4.98 Å². The number of benzene rings is 4. The van der Waals surface area contributed by atoms with Crippen LogP contribution in [0.4, 0.5) is 5.69 Å². The monoisotopic (exact) mass is 672 g/mol. The molecule has 41 heavy (non-hydrogen) atoms. The number of nitro groups is 1. The number of para-hydroxylation sites is 1. The SMILES string of the molecule is O=c1c2ccccc2nc(-c2cc3cc(Br)ccc3o2)n1N=Cc1ccc(OCc2cccc([N+](=O)[O-])c2)c(Br)c1. The first kappa shape index (κ1) is 26.6. The molecule has 6 aromatic rings. The van der Waals surface area contributed by atoms with Gasteiger partial charge in [0.25, 0.3) is 11.2 Å². The molecule has 2 aromatic heterocycles. The number of nitrogens with zero attached hydrogens (tertiary/aromatic N) is 4. The van der Waals surface area contributed by atoms with E-state index in [1.807, 2.05) is 30.3 Å². The molecule has 4 aromatic carbocycles. The lowest BCUT2D eigenvalue weighted by Crippen LogP contribution is -2.20. The van der Waals surface area contributed by atoms with Crippen molar-refractivity contribution < 1.29 is 14.1 Å². The first-order valence-electron chi connectivity index (χ1n) is 12.3. The van der Waals surface area contributed by atoms with Crippen molar-refractivity contribution in [3.63, 3.8) is 0 Å². The minimum Gasteiger partial charge on any atom is -0.488 e. The van der Waals surface area contributed by atoms with E-state index in [1.54, 1.807) is 54.7 Å². The van der Waals surface area contributed by atoms with Gasteiger partial charge in [0.15, 0.2) is 5.76 Å². The predicted molar refractivity (Wildman–Crippen MR) is 163 cm³/mol. The van der Waals surface area contributed by atoms with Gasteiger partial charge >= 0.3 is 0 Å². The summed E-state index contributed by atoms with van der Waals surface area (Å²) in [5.74, 6) is 1.23. The third-order valence-electron chi connectivity index (χ3n) is 6.25. The van der Waals surface area contributed by atoms with Crippen LogP contribution >= 0.6 is 31.9 Å². The van der Waals surface area contributed by atoms with E-state index in [-0.39, 0.29) is 23.7 Å². The molecule has 0 aliphatic carbocycles. The largest absolute Gasteiger partial charge is 0.488 e. The maximum atomic E-state index is 13.5. The van der Waals surface area contributed by atoms with Gasteiger partial charge in [-0.3, -0.25) is 14.9 Å². The van der Waals surface area contributed by atoms with Crippen molar-refractivity contribution in [1.29, 1.82) is 0 Å². The Morgan fingerprint density at radius 3 is 2.68 bits per heavy atom. The Labute approximate surface area is 249 Å². The van der Waals surface area contributed by atoms with Crippen LogP contribution in [0.1, 0.15) is 11.1 Å². The Morgan fingerprint density at radius 1 is 1.00 bits per heavy atom. The number of halogens is 2. The molecule has 0 atom stereocenters. The normalized spacial score (nSPS) is 11.5. The molecule has 0 spiro atoms. The van der Waals surface area contributed by atoms with Crippen LogP contribution in [0.5, 0.6) is 5.75 Å². The van der Waals surface area contributed by atoms with E-state index in [9.17, 15) is 14.9 Å². The maximum absolute atomic E-state index is 13.5. The van der Waals surface area contributed by atoms with Crippen LogP contribution in [0, 0.1) is 10.1 Å². The molecule has 0 aliphatic rings. The molecule has 0 saturated carbocycles. The van der Waals surface area contributed by atoms with Crippen LogP contribution in [-0.4, -0.2) is 20.8 Å². The van der Waals surface area contributed by atoms with Crippen LogP contribution < -0.4 is 10.3 Å². The van der Waals surface area contributed by atoms with Crippen LogP contribution in [0.2, 0.25) is 0 Å². The number of hydrogen-bond acceptors (Lipinski definition) is 7. The van der Waals surface area contributed by atoms with E-state index in [1.165, 1.54) is 16.8 Å². The predicted octanol–water partition coefficient (Wildman–Crippen LogP) is 7.70. The van der Waals surface area contributed by atoms with Crippen molar-refractivity contribution in [3.8, 4) is 17.3 Å². The van der Waals surface area contributed by atoms with Crippen molar-refractivity contribution in [2.45, 2.75) is 6.61 Å². The fourth-order valence-electron chi connectivity index (χ4n) is 4.27. The summed E-state index contributed by atoms with van der Waals surface area (Å²) < 4.78 is 14.7. The van der Waals surface area contributed by atoms with Crippen molar-refractivity contribution in [2.75, 3.05) is 0 Å². The van der Waals surface area contributed by atoms with Crippen LogP contribution in [0.15, 0.2) is 114 Å². The molecule has 9 nitrogen and oxygen atoms in total. The van der Waals surface area contributed by atoms with Crippen LogP contribution in [0.3, 0.4) is 0 Å². The molecule has 0 amide bonds. The average Bonchev–Trinajstić information content (AvgIpc) is 3.39. The topological polar surface area (TPSA) is 113 Å². The van der Waals surface area contributed by atoms with Crippen LogP contribution in [-0.2, 0) is 6.61 Å². The third-order valence-corrected chi connectivity index (χ3v) is 7.36. The highest BCUT2D eigenvalue weighted by Crippen LogP contribution is 2.30. The highest BCUT2D eigenvalue weighted by Gasteiger charge is 2.17. The molecule has 0 unspecified atom stereocenters. The lowest BCUT2D eigenvalue weighted by Gasteiger charge is -2.09. The number of non-ortho nitro benzene ring substituents is 1. The van der Waals surface area contributed by atoms with Crippen molar-refractivity contribution in [1.82, 2.24) is 9.66 Å². The number of fused-ring (bicyclic) bond motifs is 2. The molecule has 0 saturated heterocycles. The molecule has 0 bridgehead atoms. The van der Waals surface area contributed by atoms with Crippen molar-refractivity contribution in [3.05, 3.63) is 132 Å². The second kappa shape index (κ2) is 11.1. The second-order valence-electron chi connectivity index (χ2n) is 9.01. The van der Waals surface area contributed by atoms with Crippen molar-refractivity contribution in [2.24, 2.45) is 5.10 Å². The second-order valence-corrected chi connectivity index (χ2v) is 10.8. The third kappa shape index (κ3) is 5.54. The number of ether oxygens (including phenoxy) is 1.